The van der Waals surface area contributed by atoms with Gasteiger partial charge in [-0.05, 0) is 213 Å². The third kappa shape index (κ3) is 13.4. The van der Waals surface area contributed by atoms with Gasteiger partial charge in [0.1, 0.15) is 47.4 Å². The smallest absolute Gasteiger partial charge is 0.148 e. The molecule has 59 heavy (non-hydrogen) atoms. The van der Waals surface area contributed by atoms with Gasteiger partial charge in [-0.2, -0.15) is 0 Å². The van der Waals surface area contributed by atoms with Crippen molar-refractivity contribution in [3.8, 4) is 23.0 Å². The average Bonchev–Trinajstić information content (AvgIpc) is 3.15. The van der Waals surface area contributed by atoms with Gasteiger partial charge in [-0.1, -0.05) is 73.4 Å². The van der Waals surface area contributed by atoms with E-state index < -0.39 is 28.8 Å². The molecule has 0 aliphatic carbocycles. The quantitative estimate of drug-likeness (QED) is 0.0918. The maximum absolute atomic E-state index is 11.3. The van der Waals surface area contributed by atoms with E-state index in [1.165, 1.54) is 0 Å². The van der Waals surface area contributed by atoms with Crippen LogP contribution in [0.1, 0.15) is 91.2 Å². The van der Waals surface area contributed by atoms with Gasteiger partial charge in [0.25, 0.3) is 0 Å². The number of ether oxygens (including phenoxy) is 4. The Morgan fingerprint density at radius 1 is 0.441 bits per heavy atom. The van der Waals surface area contributed by atoms with Gasteiger partial charge in [0, 0.05) is 27.2 Å². The summed E-state index contributed by atoms with van der Waals surface area (Å²) < 4.78 is 33.9. The minimum absolute atomic E-state index is 0.0803. The molecule has 0 aliphatic rings. The monoisotopic (exact) mass is 1450 g/mol. The lowest BCUT2D eigenvalue weighted by Crippen LogP contribution is -2.40. The first-order valence-corrected chi connectivity index (χ1v) is 26.8. The Morgan fingerprint density at radius 2 is 0.695 bits per heavy atom. The number of hydrogen-bond acceptors (Lipinski definition) is 6. The molecule has 2 unspecified atom stereocenters. The number of halogens is 10. The molecule has 2 N–H and O–H groups in total. The highest BCUT2D eigenvalue weighted by Gasteiger charge is 2.36. The first-order valence-electron chi connectivity index (χ1n) is 18.9. The molecule has 0 radical (unpaired) electrons. The van der Waals surface area contributed by atoms with Gasteiger partial charge < -0.3 is 29.2 Å². The van der Waals surface area contributed by atoms with E-state index in [1.54, 1.807) is 0 Å². The SMILES string of the molecule is CCC(CC)(CC(O)COc1c(Br)cc(C(C)(C)c2cc(Br)c(OC(CC)(CC)CC(O)COc3c(Br)cc(Br)cc3Br)c(Br)c2)cc1Br)Oc1c(Br)cc(Br)cc1Br. The number of benzene rings is 4. The van der Waals surface area contributed by atoms with Gasteiger partial charge in [-0.25, -0.2) is 0 Å². The van der Waals surface area contributed by atoms with Crippen LogP contribution in [0.25, 0.3) is 0 Å². The van der Waals surface area contributed by atoms with E-state index in [4.69, 9.17) is 18.9 Å². The summed E-state index contributed by atoms with van der Waals surface area (Å²) >= 11 is 36.5. The highest BCUT2D eigenvalue weighted by molar-refractivity contribution is 9.12. The van der Waals surface area contributed by atoms with E-state index in [0.717, 1.165) is 55.9 Å². The van der Waals surface area contributed by atoms with Gasteiger partial charge in [-0.15, -0.1) is 0 Å². The van der Waals surface area contributed by atoms with Gasteiger partial charge >= 0.3 is 0 Å². The molecule has 0 aromatic heterocycles. The van der Waals surface area contributed by atoms with Crippen molar-refractivity contribution in [3.63, 3.8) is 0 Å². The van der Waals surface area contributed by atoms with Crippen LogP contribution in [0, 0.1) is 0 Å². The van der Waals surface area contributed by atoms with E-state index in [-0.39, 0.29) is 13.2 Å². The largest absolute Gasteiger partial charge is 0.489 e. The first kappa shape index (κ1) is 52.4. The topological polar surface area (TPSA) is 77.4 Å². The summed E-state index contributed by atoms with van der Waals surface area (Å²) in [6.07, 6.45) is 1.96. The highest BCUT2D eigenvalue weighted by atomic mass is 79.9. The van der Waals surface area contributed by atoms with E-state index in [0.29, 0.717) is 61.5 Å². The van der Waals surface area contributed by atoms with Gasteiger partial charge in [0.05, 0.1) is 48.0 Å². The fourth-order valence-electron chi connectivity index (χ4n) is 6.75. The standard InChI is InChI=1S/C43H46Br10O6/c1-7-42(8-2,19-28(55)22-57-38-33(50)15-25(44)16-34(38)51)58-39-31(48)13-24(14-32(39)49)41(5,6)23-11-29(46)37(30(47)12-23)56-21-27(54)20-43(9-3,10-4)59-40-35(52)17-26(45)18-36(40)53/h11-18,27-28,54-55H,7-10,19-22H2,1-6H3. The zero-order chi connectivity index (χ0) is 44.0. The lowest BCUT2D eigenvalue weighted by atomic mass is 9.78. The molecule has 4 aromatic rings. The fourth-order valence-corrected chi connectivity index (χ4v) is 14.4. The van der Waals surface area contributed by atoms with Crippen LogP contribution in [-0.4, -0.2) is 46.8 Å². The van der Waals surface area contributed by atoms with Crippen molar-refractivity contribution in [1.29, 1.82) is 0 Å². The Bertz CT molecular complexity index is 1990. The molecule has 6 nitrogen and oxygen atoms in total. The van der Waals surface area contributed by atoms with Crippen LogP contribution in [0.3, 0.4) is 0 Å². The van der Waals surface area contributed by atoms with Crippen LogP contribution < -0.4 is 18.9 Å². The summed E-state index contributed by atoms with van der Waals surface area (Å²) in [5, 5.41) is 22.5. The second-order valence-corrected chi connectivity index (χ2v) is 23.5. The predicted octanol–water partition coefficient (Wildman–Crippen LogP) is 17.2. The second kappa shape index (κ2) is 22.8. The minimum atomic E-state index is -0.786. The molecule has 0 aliphatic heterocycles. The molecule has 4 rings (SSSR count). The summed E-state index contributed by atoms with van der Waals surface area (Å²) in [6, 6.07) is 16.0. The molecule has 2 atom stereocenters. The third-order valence-corrected chi connectivity index (χ3v) is 16.3. The van der Waals surface area contributed by atoms with Crippen molar-refractivity contribution in [2.24, 2.45) is 0 Å². The fraction of sp³-hybridized carbons (Fsp3) is 0.442. The van der Waals surface area contributed by atoms with Crippen molar-refractivity contribution in [3.05, 3.63) is 104 Å². The van der Waals surface area contributed by atoms with E-state index >= 15 is 0 Å². The average molecular weight is 1460 g/mol. The number of rotatable bonds is 20. The molecule has 324 valence electrons. The lowest BCUT2D eigenvalue weighted by Gasteiger charge is -2.36. The zero-order valence-electron chi connectivity index (χ0n) is 33.2. The van der Waals surface area contributed by atoms with Crippen LogP contribution in [0.4, 0.5) is 0 Å². The molecule has 0 heterocycles. The minimum Gasteiger partial charge on any atom is -0.489 e. The summed E-state index contributed by atoms with van der Waals surface area (Å²) in [5.41, 5.74) is 0.387. The van der Waals surface area contributed by atoms with Crippen molar-refractivity contribution >= 4 is 159 Å². The maximum atomic E-state index is 11.3. The zero-order valence-corrected chi connectivity index (χ0v) is 49.1. The third-order valence-electron chi connectivity index (χ3n) is 10.6. The maximum Gasteiger partial charge on any atom is 0.148 e. The lowest BCUT2D eigenvalue weighted by molar-refractivity contribution is -0.0113. The van der Waals surface area contributed by atoms with Crippen LogP contribution in [0.15, 0.2) is 93.3 Å². The second-order valence-electron chi connectivity index (χ2n) is 14.9. The normalized spacial score (nSPS) is 13.3. The van der Waals surface area contributed by atoms with Crippen molar-refractivity contribution in [1.82, 2.24) is 0 Å². The Hall–Kier alpha value is 0.800. The highest BCUT2D eigenvalue weighted by Crippen LogP contribution is 2.47. The number of aliphatic hydroxyl groups excluding tert-OH is 2. The number of hydrogen-bond donors (Lipinski definition) is 2. The Balaban J connectivity index is 1.48. The molecule has 0 spiro atoms. The van der Waals surface area contributed by atoms with E-state index in [2.05, 4.69) is 225 Å². The molecule has 16 heteroatoms. The summed E-state index contributed by atoms with van der Waals surface area (Å²) in [7, 11) is 0. The van der Waals surface area contributed by atoms with Crippen molar-refractivity contribution < 1.29 is 29.2 Å². The first-order chi connectivity index (χ1) is 27.6. The molecule has 0 saturated heterocycles. The molecule has 4 aromatic carbocycles. The van der Waals surface area contributed by atoms with Gasteiger partial charge in [0.15, 0.2) is 0 Å². The van der Waals surface area contributed by atoms with Crippen LogP contribution in [0.5, 0.6) is 23.0 Å². The molecule has 0 amide bonds. The summed E-state index contributed by atoms with van der Waals surface area (Å²) in [6.45, 7) is 12.8. The molecule has 0 saturated carbocycles. The summed E-state index contributed by atoms with van der Waals surface area (Å²) in [4.78, 5) is 0. The Labute approximate surface area is 432 Å². The molecule has 0 bridgehead atoms. The predicted molar refractivity (Wildman–Crippen MR) is 275 cm³/mol. The number of aliphatic hydroxyl groups is 2. The van der Waals surface area contributed by atoms with Crippen LogP contribution in [-0.2, 0) is 5.41 Å². The Kier molecular flexibility index (Phi) is 20.3. The van der Waals surface area contributed by atoms with Gasteiger partial charge in [-0.3, -0.25) is 0 Å². The van der Waals surface area contributed by atoms with E-state index in [9.17, 15) is 10.2 Å². The van der Waals surface area contributed by atoms with Crippen LogP contribution >= 0.6 is 159 Å². The molecular formula is C43H46Br10O6. The van der Waals surface area contributed by atoms with E-state index in [1.807, 2.05) is 24.3 Å². The van der Waals surface area contributed by atoms with Crippen molar-refractivity contribution in [2.45, 2.75) is 109 Å². The van der Waals surface area contributed by atoms with Crippen molar-refractivity contribution in [2.75, 3.05) is 13.2 Å². The van der Waals surface area contributed by atoms with Crippen LogP contribution in [0.2, 0.25) is 0 Å². The Morgan fingerprint density at radius 3 is 0.983 bits per heavy atom. The van der Waals surface area contributed by atoms with Gasteiger partial charge in [0.2, 0.25) is 0 Å². The summed E-state index contributed by atoms with van der Waals surface area (Å²) in [5.74, 6) is 2.60. The molecular weight excluding hydrogens is 1410 g/mol. The molecule has 0 fully saturated rings.